The van der Waals surface area contributed by atoms with Crippen molar-refractivity contribution < 1.29 is 9.90 Å². The molecule has 1 saturated carbocycles. The number of rotatable bonds is 2. The maximum absolute atomic E-state index is 12.7. The molecule has 5 nitrogen and oxygen atoms in total. The first kappa shape index (κ1) is 14.6. The van der Waals surface area contributed by atoms with Crippen LogP contribution in [0.25, 0.3) is 0 Å². The van der Waals surface area contributed by atoms with Gasteiger partial charge in [0.25, 0.3) is 5.91 Å². The summed E-state index contributed by atoms with van der Waals surface area (Å²) >= 11 is 0. The van der Waals surface area contributed by atoms with Crippen molar-refractivity contribution in [3.8, 4) is 0 Å². The monoisotopic (exact) mass is 291 g/mol. The molecular weight excluding hydrogens is 266 g/mol. The summed E-state index contributed by atoms with van der Waals surface area (Å²) in [6, 6.07) is 1.96. The average molecular weight is 291 g/mol. The van der Waals surface area contributed by atoms with Crippen LogP contribution in [0.4, 0.5) is 0 Å². The molecule has 2 aliphatic rings. The summed E-state index contributed by atoms with van der Waals surface area (Å²) in [7, 11) is 0. The highest BCUT2D eigenvalue weighted by molar-refractivity contribution is 5.92. The second-order valence-electron chi connectivity index (χ2n) is 6.85. The topological polar surface area (TPSA) is 69.2 Å². The highest BCUT2D eigenvalue weighted by Gasteiger charge is 2.44. The van der Waals surface area contributed by atoms with Gasteiger partial charge in [-0.05, 0) is 45.6 Å². The number of nitrogens with one attached hydrogen (secondary N) is 1. The van der Waals surface area contributed by atoms with Crippen LogP contribution in [0.1, 0.15) is 61.6 Å². The number of hydrogen-bond acceptors (Lipinski definition) is 3. The van der Waals surface area contributed by atoms with Crippen molar-refractivity contribution in [3.05, 3.63) is 17.5 Å². The van der Waals surface area contributed by atoms with Gasteiger partial charge in [0.05, 0.1) is 5.60 Å². The summed E-state index contributed by atoms with van der Waals surface area (Å²) < 4.78 is 0. The fourth-order valence-corrected chi connectivity index (χ4v) is 4.09. The number of aliphatic hydroxyl groups is 1. The van der Waals surface area contributed by atoms with Crippen molar-refractivity contribution in [1.29, 1.82) is 0 Å². The van der Waals surface area contributed by atoms with E-state index < -0.39 is 5.60 Å². The van der Waals surface area contributed by atoms with Crippen LogP contribution in [0.5, 0.6) is 0 Å². The van der Waals surface area contributed by atoms with Crippen LogP contribution in [-0.2, 0) is 0 Å². The molecule has 1 aliphatic carbocycles. The van der Waals surface area contributed by atoms with Crippen molar-refractivity contribution in [2.24, 2.45) is 5.92 Å². The average Bonchev–Trinajstić information content (AvgIpc) is 3.06. The summed E-state index contributed by atoms with van der Waals surface area (Å²) in [5, 5.41) is 17.6. The number of H-pyrrole nitrogens is 1. The molecule has 116 valence electrons. The predicted molar refractivity (Wildman–Crippen MR) is 80.0 cm³/mol. The fourth-order valence-electron chi connectivity index (χ4n) is 4.09. The Labute approximate surface area is 125 Å². The highest BCUT2D eigenvalue weighted by Crippen LogP contribution is 2.40. The summed E-state index contributed by atoms with van der Waals surface area (Å²) in [6.45, 7) is 4.62. The molecule has 0 radical (unpaired) electrons. The van der Waals surface area contributed by atoms with Crippen molar-refractivity contribution in [2.75, 3.05) is 6.54 Å². The second kappa shape index (κ2) is 5.44. The number of carbonyl (C=O) groups excluding carboxylic acids is 1. The third kappa shape index (κ3) is 2.71. The molecule has 21 heavy (non-hydrogen) atoms. The molecule has 1 aliphatic heterocycles. The summed E-state index contributed by atoms with van der Waals surface area (Å²) in [6.07, 6.45) is 6.12. The lowest BCUT2D eigenvalue weighted by molar-refractivity contribution is -0.0578. The third-order valence-electron chi connectivity index (χ3n) is 5.20. The van der Waals surface area contributed by atoms with Gasteiger partial charge in [-0.3, -0.25) is 9.89 Å². The van der Waals surface area contributed by atoms with Gasteiger partial charge in [-0.25, -0.2) is 0 Å². The SMILES string of the molecule is Cc1cc(C(=O)N2CCCC2C2CCCCC2(C)O)n[nH]1. The zero-order valence-electron chi connectivity index (χ0n) is 12.9. The maximum atomic E-state index is 12.7. The number of hydrogen-bond donors (Lipinski definition) is 2. The van der Waals surface area contributed by atoms with Gasteiger partial charge >= 0.3 is 0 Å². The number of aryl methyl sites for hydroxylation is 1. The lowest BCUT2D eigenvalue weighted by Crippen LogP contribution is -2.50. The van der Waals surface area contributed by atoms with Crippen LogP contribution in [0.3, 0.4) is 0 Å². The van der Waals surface area contributed by atoms with E-state index in [0.717, 1.165) is 50.8 Å². The minimum absolute atomic E-state index is 0.00298. The van der Waals surface area contributed by atoms with E-state index in [2.05, 4.69) is 10.2 Å². The lowest BCUT2D eigenvalue weighted by Gasteiger charge is -2.43. The molecule has 3 unspecified atom stereocenters. The predicted octanol–water partition coefficient (Wildman–Crippen LogP) is 2.26. The minimum atomic E-state index is -0.646. The molecule has 3 rings (SSSR count). The van der Waals surface area contributed by atoms with Gasteiger partial charge in [0.15, 0.2) is 0 Å². The van der Waals surface area contributed by atoms with Crippen LogP contribution in [0, 0.1) is 12.8 Å². The molecule has 0 aromatic carbocycles. The number of aromatic nitrogens is 2. The van der Waals surface area contributed by atoms with E-state index in [9.17, 15) is 9.90 Å². The van der Waals surface area contributed by atoms with Crippen LogP contribution in [0.15, 0.2) is 6.07 Å². The Morgan fingerprint density at radius 3 is 2.90 bits per heavy atom. The molecule has 1 aromatic rings. The highest BCUT2D eigenvalue weighted by atomic mass is 16.3. The zero-order valence-corrected chi connectivity index (χ0v) is 12.9. The molecule has 2 fully saturated rings. The molecule has 1 saturated heterocycles. The summed E-state index contributed by atoms with van der Waals surface area (Å²) in [5.74, 6) is 0.195. The van der Waals surface area contributed by atoms with E-state index in [1.165, 1.54) is 0 Å². The molecule has 3 atom stereocenters. The van der Waals surface area contributed by atoms with Crippen molar-refractivity contribution in [1.82, 2.24) is 15.1 Å². The molecule has 2 N–H and O–H groups in total. The largest absolute Gasteiger partial charge is 0.390 e. The van der Waals surface area contributed by atoms with Gasteiger partial charge in [0, 0.05) is 24.2 Å². The Balaban J connectivity index is 1.80. The summed E-state index contributed by atoms with van der Waals surface area (Å²) in [5.41, 5.74) is 0.751. The van der Waals surface area contributed by atoms with Gasteiger partial charge < -0.3 is 10.0 Å². The van der Waals surface area contributed by atoms with Crippen molar-refractivity contribution >= 4 is 5.91 Å². The van der Waals surface area contributed by atoms with Crippen molar-refractivity contribution in [3.63, 3.8) is 0 Å². The van der Waals surface area contributed by atoms with Gasteiger partial charge in [-0.15, -0.1) is 0 Å². The quantitative estimate of drug-likeness (QED) is 0.878. The Bertz CT molecular complexity index is 523. The molecule has 5 heteroatoms. The van der Waals surface area contributed by atoms with Crippen LogP contribution < -0.4 is 0 Å². The second-order valence-corrected chi connectivity index (χ2v) is 6.85. The van der Waals surface area contributed by atoms with Gasteiger partial charge in [0.2, 0.25) is 0 Å². The van der Waals surface area contributed by atoms with E-state index in [0.29, 0.717) is 5.69 Å². The van der Waals surface area contributed by atoms with E-state index >= 15 is 0 Å². The number of nitrogens with zero attached hydrogens (tertiary/aromatic N) is 2. The molecule has 1 amide bonds. The zero-order chi connectivity index (χ0) is 15.0. The fraction of sp³-hybridized carbons (Fsp3) is 0.750. The lowest BCUT2D eigenvalue weighted by atomic mass is 9.72. The van der Waals surface area contributed by atoms with Crippen LogP contribution in [0.2, 0.25) is 0 Å². The Hall–Kier alpha value is -1.36. The van der Waals surface area contributed by atoms with E-state index in [-0.39, 0.29) is 17.9 Å². The molecule has 0 bridgehead atoms. The van der Waals surface area contributed by atoms with Gasteiger partial charge in [0.1, 0.15) is 5.69 Å². The first-order chi connectivity index (χ1) is 9.99. The van der Waals surface area contributed by atoms with Gasteiger partial charge in [-0.2, -0.15) is 5.10 Å². The van der Waals surface area contributed by atoms with Crippen LogP contribution in [-0.4, -0.2) is 44.3 Å². The molecule has 2 heterocycles. The van der Waals surface area contributed by atoms with E-state index in [1.54, 1.807) is 6.07 Å². The van der Waals surface area contributed by atoms with Gasteiger partial charge in [-0.1, -0.05) is 12.8 Å². The number of aromatic amines is 1. The van der Waals surface area contributed by atoms with E-state index in [1.807, 2.05) is 18.7 Å². The Morgan fingerprint density at radius 2 is 2.24 bits per heavy atom. The Morgan fingerprint density at radius 1 is 1.43 bits per heavy atom. The molecular formula is C16H25N3O2. The molecule has 1 aromatic heterocycles. The van der Waals surface area contributed by atoms with Crippen molar-refractivity contribution in [2.45, 2.75) is 64.0 Å². The maximum Gasteiger partial charge on any atom is 0.274 e. The number of carbonyl (C=O) groups is 1. The first-order valence-electron chi connectivity index (χ1n) is 8.04. The first-order valence-corrected chi connectivity index (χ1v) is 8.04. The normalized spacial score (nSPS) is 33.4. The third-order valence-corrected chi connectivity index (χ3v) is 5.20. The van der Waals surface area contributed by atoms with Crippen LogP contribution >= 0.6 is 0 Å². The minimum Gasteiger partial charge on any atom is -0.390 e. The van der Waals surface area contributed by atoms with E-state index in [4.69, 9.17) is 0 Å². The summed E-state index contributed by atoms with van der Waals surface area (Å²) in [4.78, 5) is 14.6. The standard InChI is InChI=1S/C16H25N3O2/c1-11-10-13(18-17-11)15(20)19-9-5-7-14(19)12-6-3-4-8-16(12,2)21/h10,12,14,21H,3-9H2,1-2H3,(H,17,18). The molecule has 0 spiro atoms. The number of likely N-dealkylation sites (tertiary alicyclic amines) is 1. The Kier molecular flexibility index (Phi) is 3.78. The smallest absolute Gasteiger partial charge is 0.274 e. The number of amides is 1.